The van der Waals surface area contributed by atoms with Gasteiger partial charge in [-0.2, -0.15) is 5.10 Å². The number of para-hydroxylation sites is 1. The second kappa shape index (κ2) is 9.72. The van der Waals surface area contributed by atoms with Crippen molar-refractivity contribution >= 4 is 39.1 Å². The quantitative estimate of drug-likeness (QED) is 0.532. The molecule has 0 radical (unpaired) electrons. The summed E-state index contributed by atoms with van der Waals surface area (Å²) in [4.78, 5) is 23.7. The molecule has 0 unspecified atom stereocenters. The number of carbonyl (C=O) groups excluding carboxylic acids is 2. The second-order valence-electron chi connectivity index (χ2n) is 5.67. The standard InChI is InChI=1S/C19H20BrN3O3/c1-13-10-15(20)8-9-17(13)26-12-19(25)23-22-14(2)11-18(24)21-16-6-4-3-5-7-16/h3-10H,11-12H2,1-2H3,(H,21,24)(H,23,25)/b22-14+. The third kappa shape index (κ3) is 6.68. The highest BCUT2D eigenvalue weighted by atomic mass is 79.9. The number of rotatable bonds is 7. The molecule has 2 aromatic carbocycles. The van der Waals surface area contributed by atoms with Crippen LogP contribution >= 0.6 is 15.9 Å². The van der Waals surface area contributed by atoms with Gasteiger partial charge >= 0.3 is 0 Å². The van der Waals surface area contributed by atoms with Gasteiger partial charge in [-0.05, 0) is 49.7 Å². The third-order valence-electron chi connectivity index (χ3n) is 3.34. The van der Waals surface area contributed by atoms with Crippen molar-refractivity contribution in [2.45, 2.75) is 20.3 Å². The Morgan fingerprint density at radius 2 is 1.85 bits per heavy atom. The normalized spacial score (nSPS) is 11.0. The molecule has 2 aromatic rings. The lowest BCUT2D eigenvalue weighted by Crippen LogP contribution is -2.26. The van der Waals surface area contributed by atoms with Gasteiger partial charge in [-0.25, -0.2) is 5.43 Å². The van der Waals surface area contributed by atoms with Crippen LogP contribution in [0.2, 0.25) is 0 Å². The van der Waals surface area contributed by atoms with E-state index >= 15 is 0 Å². The van der Waals surface area contributed by atoms with Gasteiger partial charge in [0.1, 0.15) is 5.75 Å². The molecule has 0 spiro atoms. The van der Waals surface area contributed by atoms with E-state index < -0.39 is 5.91 Å². The highest BCUT2D eigenvalue weighted by Gasteiger charge is 2.07. The zero-order valence-corrected chi connectivity index (χ0v) is 16.2. The summed E-state index contributed by atoms with van der Waals surface area (Å²) in [5.41, 5.74) is 4.52. The summed E-state index contributed by atoms with van der Waals surface area (Å²) in [5.74, 6) is 0.0369. The lowest BCUT2D eigenvalue weighted by molar-refractivity contribution is -0.123. The maximum Gasteiger partial charge on any atom is 0.277 e. The van der Waals surface area contributed by atoms with Crippen LogP contribution in [0.5, 0.6) is 5.75 Å². The molecule has 0 heterocycles. The molecule has 2 amide bonds. The molecule has 0 aliphatic carbocycles. The Hall–Kier alpha value is -2.67. The van der Waals surface area contributed by atoms with Gasteiger partial charge in [-0.15, -0.1) is 0 Å². The fraction of sp³-hybridized carbons (Fsp3) is 0.211. The van der Waals surface area contributed by atoms with Gasteiger partial charge in [0.05, 0.1) is 6.42 Å². The van der Waals surface area contributed by atoms with Crippen LogP contribution in [-0.2, 0) is 9.59 Å². The number of carbonyl (C=O) groups is 2. The lowest BCUT2D eigenvalue weighted by Gasteiger charge is -2.09. The van der Waals surface area contributed by atoms with Gasteiger partial charge in [0.15, 0.2) is 6.61 Å². The average molecular weight is 418 g/mol. The van der Waals surface area contributed by atoms with E-state index in [-0.39, 0.29) is 18.9 Å². The first-order chi connectivity index (χ1) is 12.4. The Balaban J connectivity index is 1.76. The number of hydrogen-bond acceptors (Lipinski definition) is 4. The van der Waals surface area contributed by atoms with Crippen molar-refractivity contribution in [1.82, 2.24) is 5.43 Å². The van der Waals surface area contributed by atoms with Crippen LogP contribution < -0.4 is 15.5 Å². The minimum atomic E-state index is -0.393. The summed E-state index contributed by atoms with van der Waals surface area (Å²) in [5, 5.41) is 6.68. The second-order valence-corrected chi connectivity index (χ2v) is 6.59. The lowest BCUT2D eigenvalue weighted by atomic mass is 10.2. The first-order valence-electron chi connectivity index (χ1n) is 8.00. The number of hydrazone groups is 1. The van der Waals surface area contributed by atoms with Crippen molar-refractivity contribution < 1.29 is 14.3 Å². The minimum Gasteiger partial charge on any atom is -0.483 e. The Morgan fingerprint density at radius 3 is 2.54 bits per heavy atom. The fourth-order valence-corrected chi connectivity index (χ4v) is 2.58. The maximum atomic E-state index is 11.9. The number of anilines is 1. The molecule has 7 heteroatoms. The first-order valence-corrected chi connectivity index (χ1v) is 8.79. The van der Waals surface area contributed by atoms with Crippen LogP contribution in [0.25, 0.3) is 0 Å². The Morgan fingerprint density at radius 1 is 1.12 bits per heavy atom. The maximum absolute atomic E-state index is 11.9. The van der Waals surface area contributed by atoms with Gasteiger partial charge in [0.25, 0.3) is 5.91 Å². The minimum absolute atomic E-state index is 0.0852. The van der Waals surface area contributed by atoms with E-state index in [4.69, 9.17) is 4.74 Å². The molecular formula is C19H20BrN3O3. The molecule has 0 atom stereocenters. The van der Waals surface area contributed by atoms with Gasteiger partial charge in [0, 0.05) is 15.9 Å². The molecule has 0 fully saturated rings. The van der Waals surface area contributed by atoms with Crippen LogP contribution in [0.15, 0.2) is 58.1 Å². The Kier molecular flexibility index (Phi) is 7.35. The zero-order valence-electron chi connectivity index (χ0n) is 14.6. The van der Waals surface area contributed by atoms with Crippen molar-refractivity contribution in [2.75, 3.05) is 11.9 Å². The van der Waals surface area contributed by atoms with Gasteiger partial charge in [-0.3, -0.25) is 9.59 Å². The number of nitrogens with zero attached hydrogens (tertiary/aromatic N) is 1. The molecular weight excluding hydrogens is 398 g/mol. The smallest absolute Gasteiger partial charge is 0.277 e. The molecule has 0 aromatic heterocycles. The molecule has 0 bridgehead atoms. The predicted molar refractivity (Wildman–Crippen MR) is 105 cm³/mol. The molecule has 0 saturated heterocycles. The Labute approximate surface area is 160 Å². The number of halogens is 1. The average Bonchev–Trinajstić information content (AvgIpc) is 2.60. The summed E-state index contributed by atoms with van der Waals surface area (Å²) < 4.78 is 6.41. The molecule has 6 nitrogen and oxygen atoms in total. The summed E-state index contributed by atoms with van der Waals surface area (Å²) in [7, 11) is 0. The topological polar surface area (TPSA) is 79.8 Å². The van der Waals surface area contributed by atoms with E-state index in [2.05, 4.69) is 31.8 Å². The number of aryl methyl sites for hydroxylation is 1. The van der Waals surface area contributed by atoms with Crippen LogP contribution in [0.4, 0.5) is 5.69 Å². The molecule has 136 valence electrons. The first kappa shape index (κ1) is 19.7. The van der Waals surface area contributed by atoms with Crippen molar-refractivity contribution in [2.24, 2.45) is 5.10 Å². The van der Waals surface area contributed by atoms with Crippen LogP contribution in [-0.4, -0.2) is 24.1 Å². The largest absolute Gasteiger partial charge is 0.483 e. The number of hydrogen-bond donors (Lipinski definition) is 2. The van der Waals surface area contributed by atoms with Gasteiger partial charge in [0.2, 0.25) is 5.91 Å². The number of ether oxygens (including phenoxy) is 1. The predicted octanol–water partition coefficient (Wildman–Crippen LogP) is 3.66. The molecule has 0 aliphatic heterocycles. The van der Waals surface area contributed by atoms with Crippen LogP contribution in [0, 0.1) is 6.92 Å². The van der Waals surface area contributed by atoms with E-state index in [1.54, 1.807) is 25.1 Å². The highest BCUT2D eigenvalue weighted by molar-refractivity contribution is 9.10. The fourth-order valence-electron chi connectivity index (χ4n) is 2.11. The van der Waals surface area contributed by atoms with E-state index in [9.17, 15) is 9.59 Å². The van der Waals surface area contributed by atoms with E-state index in [0.717, 1.165) is 10.0 Å². The van der Waals surface area contributed by atoms with Gasteiger partial charge < -0.3 is 10.1 Å². The van der Waals surface area contributed by atoms with Crippen molar-refractivity contribution in [1.29, 1.82) is 0 Å². The molecule has 2 rings (SSSR count). The summed E-state index contributed by atoms with van der Waals surface area (Å²) in [6, 6.07) is 14.7. The van der Waals surface area contributed by atoms with Gasteiger partial charge in [-0.1, -0.05) is 34.1 Å². The summed E-state index contributed by atoms with van der Waals surface area (Å²) in [6.45, 7) is 3.41. The monoisotopic (exact) mass is 417 g/mol. The number of benzene rings is 2. The third-order valence-corrected chi connectivity index (χ3v) is 3.83. The summed E-state index contributed by atoms with van der Waals surface area (Å²) >= 11 is 3.37. The molecule has 0 aliphatic rings. The molecule has 26 heavy (non-hydrogen) atoms. The van der Waals surface area contributed by atoms with Crippen molar-refractivity contribution in [3.8, 4) is 5.75 Å². The molecule has 2 N–H and O–H groups in total. The van der Waals surface area contributed by atoms with E-state index in [0.29, 0.717) is 17.1 Å². The van der Waals surface area contributed by atoms with Crippen molar-refractivity contribution in [3.05, 3.63) is 58.6 Å². The highest BCUT2D eigenvalue weighted by Crippen LogP contribution is 2.21. The van der Waals surface area contributed by atoms with E-state index in [1.165, 1.54) is 0 Å². The van der Waals surface area contributed by atoms with Crippen LogP contribution in [0.1, 0.15) is 18.9 Å². The van der Waals surface area contributed by atoms with E-state index in [1.807, 2.05) is 37.3 Å². The SMILES string of the molecule is C/C(CC(=O)Nc1ccccc1)=N\NC(=O)COc1ccc(Br)cc1C. The molecule has 0 saturated carbocycles. The van der Waals surface area contributed by atoms with Crippen LogP contribution in [0.3, 0.4) is 0 Å². The Bertz CT molecular complexity index is 807. The van der Waals surface area contributed by atoms with Crippen molar-refractivity contribution in [3.63, 3.8) is 0 Å². The number of amides is 2. The zero-order chi connectivity index (χ0) is 18.9. The number of nitrogens with one attached hydrogen (secondary N) is 2. The summed E-state index contributed by atoms with van der Waals surface area (Å²) in [6.07, 6.45) is 0.0852.